The van der Waals surface area contributed by atoms with Crippen LogP contribution in [-0.4, -0.2) is 43.1 Å². The summed E-state index contributed by atoms with van der Waals surface area (Å²) in [6, 6.07) is 12.1. The molecule has 1 heterocycles. The van der Waals surface area contributed by atoms with E-state index in [1.807, 2.05) is 6.07 Å². The van der Waals surface area contributed by atoms with Crippen LogP contribution in [0.2, 0.25) is 0 Å². The van der Waals surface area contributed by atoms with Crippen LogP contribution in [0.3, 0.4) is 0 Å². The Morgan fingerprint density at radius 1 is 0.964 bits per heavy atom. The first-order valence-electron chi connectivity index (χ1n) is 9.72. The summed E-state index contributed by atoms with van der Waals surface area (Å²) in [6.45, 7) is 2.17. The average Bonchev–Trinajstić information content (AvgIpc) is 3.26. The minimum atomic E-state index is -0.120. The van der Waals surface area contributed by atoms with Crippen LogP contribution in [0, 0.1) is 0 Å². The molecule has 6 nitrogen and oxygen atoms in total. The third-order valence-electron chi connectivity index (χ3n) is 5.28. The molecule has 2 aliphatic rings. The van der Waals surface area contributed by atoms with Crippen LogP contribution in [0.4, 0.5) is 5.69 Å². The normalized spacial score (nSPS) is 17.8. The van der Waals surface area contributed by atoms with Crippen molar-refractivity contribution < 1.29 is 14.4 Å². The van der Waals surface area contributed by atoms with E-state index in [-0.39, 0.29) is 23.5 Å². The number of carbonyl (C=O) groups is 3. The zero-order valence-electron chi connectivity index (χ0n) is 15.6. The van der Waals surface area contributed by atoms with Crippen molar-refractivity contribution >= 4 is 23.2 Å². The molecule has 28 heavy (non-hydrogen) atoms. The molecule has 4 rings (SSSR count). The summed E-state index contributed by atoms with van der Waals surface area (Å²) in [5.74, 6) is -0.167. The van der Waals surface area contributed by atoms with Crippen molar-refractivity contribution in [3.05, 3.63) is 64.7 Å². The molecule has 0 saturated carbocycles. The first kappa shape index (κ1) is 18.4. The Hall–Kier alpha value is -2.99. The number of amides is 1. The molecule has 0 unspecified atom stereocenters. The number of hydrogen-bond donors (Lipinski definition) is 3. The molecular weight excluding hydrogens is 354 g/mol. The van der Waals surface area contributed by atoms with Gasteiger partial charge in [-0.3, -0.25) is 14.4 Å². The summed E-state index contributed by atoms with van der Waals surface area (Å²) in [6.07, 6.45) is 2.71. The van der Waals surface area contributed by atoms with E-state index in [2.05, 4.69) is 16.0 Å². The van der Waals surface area contributed by atoms with E-state index in [9.17, 15) is 14.4 Å². The Labute approximate surface area is 163 Å². The van der Waals surface area contributed by atoms with Crippen molar-refractivity contribution in [3.8, 4) is 0 Å². The number of ketones is 2. The molecule has 0 radical (unpaired) electrons. The van der Waals surface area contributed by atoms with Crippen molar-refractivity contribution in [2.45, 2.75) is 25.3 Å². The Balaban J connectivity index is 1.34. The number of hydrogen-bond acceptors (Lipinski definition) is 5. The number of anilines is 1. The van der Waals surface area contributed by atoms with Crippen molar-refractivity contribution in [2.75, 3.05) is 25.0 Å². The second-order valence-corrected chi connectivity index (χ2v) is 7.18. The van der Waals surface area contributed by atoms with E-state index in [4.69, 9.17) is 0 Å². The van der Waals surface area contributed by atoms with Crippen molar-refractivity contribution in [2.24, 2.45) is 0 Å². The van der Waals surface area contributed by atoms with Gasteiger partial charge in [0.25, 0.3) is 0 Å². The Bertz CT molecular complexity index is 932. The van der Waals surface area contributed by atoms with Gasteiger partial charge in [0.1, 0.15) is 0 Å². The molecule has 1 saturated heterocycles. The smallest absolute Gasteiger partial charge is 0.237 e. The number of rotatable bonds is 6. The Morgan fingerprint density at radius 2 is 1.68 bits per heavy atom. The maximum Gasteiger partial charge on any atom is 0.237 e. The Kier molecular flexibility index (Phi) is 5.21. The lowest BCUT2D eigenvalue weighted by molar-refractivity contribution is -0.122. The standard InChI is InChI=1S/C22H23N3O3/c26-20-15-5-1-2-6-16(15)21(27)18-13-14(8-9-17(18)20)23-11-4-12-25-22(28)19-7-3-10-24-19/h1-2,5-6,8-9,13,19,23-24H,3-4,7,10-12H2,(H,25,28)/t19-/m0/s1. The van der Waals surface area contributed by atoms with Crippen LogP contribution in [-0.2, 0) is 4.79 Å². The molecule has 1 aliphatic heterocycles. The minimum Gasteiger partial charge on any atom is -0.385 e. The van der Waals surface area contributed by atoms with Crippen LogP contribution >= 0.6 is 0 Å². The molecule has 0 bridgehead atoms. The van der Waals surface area contributed by atoms with Crippen LogP contribution in [0.15, 0.2) is 42.5 Å². The van der Waals surface area contributed by atoms with Crippen molar-refractivity contribution in [1.82, 2.24) is 10.6 Å². The summed E-state index contributed by atoms with van der Waals surface area (Å²) in [4.78, 5) is 37.3. The predicted molar refractivity (Wildman–Crippen MR) is 107 cm³/mol. The summed E-state index contributed by atoms with van der Waals surface area (Å²) in [5, 5.41) is 9.39. The summed E-state index contributed by atoms with van der Waals surface area (Å²) in [7, 11) is 0. The van der Waals surface area contributed by atoms with Gasteiger partial charge in [0.05, 0.1) is 6.04 Å². The van der Waals surface area contributed by atoms with Gasteiger partial charge >= 0.3 is 0 Å². The van der Waals surface area contributed by atoms with E-state index >= 15 is 0 Å². The van der Waals surface area contributed by atoms with Crippen LogP contribution in [0.5, 0.6) is 0 Å². The van der Waals surface area contributed by atoms with E-state index in [1.54, 1.807) is 36.4 Å². The monoisotopic (exact) mass is 377 g/mol. The number of benzene rings is 2. The minimum absolute atomic E-state index is 0.0555. The van der Waals surface area contributed by atoms with Gasteiger partial charge in [0.2, 0.25) is 5.91 Å². The summed E-state index contributed by atoms with van der Waals surface area (Å²) in [5.41, 5.74) is 2.61. The molecule has 1 atom stereocenters. The maximum atomic E-state index is 12.7. The van der Waals surface area contributed by atoms with Gasteiger partial charge in [-0.2, -0.15) is 0 Å². The van der Waals surface area contributed by atoms with E-state index in [0.29, 0.717) is 35.3 Å². The fourth-order valence-corrected chi connectivity index (χ4v) is 3.77. The average molecular weight is 377 g/mol. The lowest BCUT2D eigenvalue weighted by Crippen LogP contribution is -2.41. The largest absolute Gasteiger partial charge is 0.385 e. The van der Waals surface area contributed by atoms with Gasteiger partial charge in [-0.25, -0.2) is 0 Å². The zero-order chi connectivity index (χ0) is 19.5. The highest BCUT2D eigenvalue weighted by molar-refractivity contribution is 6.28. The van der Waals surface area contributed by atoms with Gasteiger partial charge in [0, 0.05) is 41.0 Å². The lowest BCUT2D eigenvalue weighted by Gasteiger charge is -2.18. The first-order chi connectivity index (χ1) is 13.6. The quantitative estimate of drug-likeness (QED) is 0.573. The molecule has 144 valence electrons. The third kappa shape index (κ3) is 3.55. The van der Waals surface area contributed by atoms with E-state index < -0.39 is 0 Å². The Morgan fingerprint density at radius 3 is 2.39 bits per heavy atom. The molecule has 2 aromatic rings. The van der Waals surface area contributed by atoms with Gasteiger partial charge in [-0.1, -0.05) is 24.3 Å². The van der Waals surface area contributed by atoms with E-state index in [1.165, 1.54) is 0 Å². The number of nitrogens with one attached hydrogen (secondary N) is 3. The van der Waals surface area contributed by atoms with Gasteiger partial charge in [-0.05, 0) is 44.0 Å². The molecule has 6 heteroatoms. The molecule has 0 aromatic heterocycles. The van der Waals surface area contributed by atoms with Crippen molar-refractivity contribution in [3.63, 3.8) is 0 Å². The third-order valence-corrected chi connectivity index (χ3v) is 5.28. The van der Waals surface area contributed by atoms with Gasteiger partial charge in [-0.15, -0.1) is 0 Å². The topological polar surface area (TPSA) is 87.3 Å². The second kappa shape index (κ2) is 7.94. The number of fused-ring (bicyclic) bond motifs is 2. The molecule has 2 aromatic carbocycles. The lowest BCUT2D eigenvalue weighted by atomic mass is 9.84. The zero-order valence-corrected chi connectivity index (χ0v) is 15.6. The maximum absolute atomic E-state index is 12.7. The second-order valence-electron chi connectivity index (χ2n) is 7.18. The summed E-state index contributed by atoms with van der Waals surface area (Å²) >= 11 is 0. The van der Waals surface area contributed by atoms with Crippen LogP contribution < -0.4 is 16.0 Å². The van der Waals surface area contributed by atoms with E-state index in [0.717, 1.165) is 31.5 Å². The van der Waals surface area contributed by atoms with Gasteiger partial charge in [0.15, 0.2) is 11.6 Å². The SMILES string of the molecule is O=C1c2ccccc2C(=O)c2cc(NCCCNC(=O)[C@@H]3CCCN3)ccc21. The number of carbonyl (C=O) groups excluding carboxylic acids is 3. The molecule has 1 aliphatic carbocycles. The predicted octanol–water partition coefficient (Wildman–Crippen LogP) is 2.13. The molecule has 3 N–H and O–H groups in total. The fraction of sp³-hybridized carbons (Fsp3) is 0.318. The molecule has 1 amide bonds. The highest BCUT2D eigenvalue weighted by Gasteiger charge is 2.29. The van der Waals surface area contributed by atoms with Crippen LogP contribution in [0.1, 0.15) is 51.1 Å². The summed E-state index contributed by atoms with van der Waals surface area (Å²) < 4.78 is 0. The van der Waals surface area contributed by atoms with Crippen LogP contribution in [0.25, 0.3) is 0 Å². The van der Waals surface area contributed by atoms with Crippen molar-refractivity contribution in [1.29, 1.82) is 0 Å². The molecule has 1 fully saturated rings. The molecular formula is C22H23N3O3. The van der Waals surface area contributed by atoms with Gasteiger partial charge < -0.3 is 16.0 Å². The molecule has 0 spiro atoms. The highest BCUT2D eigenvalue weighted by Crippen LogP contribution is 2.29. The first-order valence-corrected chi connectivity index (χ1v) is 9.72. The fourth-order valence-electron chi connectivity index (χ4n) is 3.77. The highest BCUT2D eigenvalue weighted by atomic mass is 16.2.